The summed E-state index contributed by atoms with van der Waals surface area (Å²) in [7, 11) is 0. The van der Waals surface area contributed by atoms with Crippen molar-refractivity contribution in [3.05, 3.63) is 34.6 Å². The Morgan fingerprint density at radius 2 is 2.11 bits per heavy atom. The van der Waals surface area contributed by atoms with Gasteiger partial charge in [0.2, 0.25) is 0 Å². The Balaban J connectivity index is 1.96. The minimum Gasteiger partial charge on any atom is -0.396 e. The highest BCUT2D eigenvalue weighted by atomic mass is 35.5. The van der Waals surface area contributed by atoms with E-state index in [-0.39, 0.29) is 23.5 Å². The molecule has 1 aromatic carbocycles. The van der Waals surface area contributed by atoms with E-state index in [2.05, 4.69) is 5.32 Å². The van der Waals surface area contributed by atoms with Crippen LogP contribution in [0.4, 0.5) is 4.39 Å². The molecule has 18 heavy (non-hydrogen) atoms. The Morgan fingerprint density at radius 1 is 1.33 bits per heavy atom. The molecule has 1 saturated carbocycles. The van der Waals surface area contributed by atoms with Crippen molar-refractivity contribution >= 4 is 11.6 Å². The molecule has 2 N–H and O–H groups in total. The molecule has 0 spiro atoms. The standard InChI is InChI=1S/C14H19ClFNO/c15-12-6-3-5-10(14(12)16)8-17-13-7-2-1-4-11(13)9-18/h3,5-6,11,13,17-18H,1-2,4,7-9H2. The molecule has 0 bridgehead atoms. The van der Waals surface area contributed by atoms with E-state index in [9.17, 15) is 9.50 Å². The van der Waals surface area contributed by atoms with Gasteiger partial charge in [0.05, 0.1) is 5.02 Å². The average molecular weight is 272 g/mol. The number of aliphatic hydroxyl groups excluding tert-OH is 1. The Kier molecular flexibility index (Phi) is 4.98. The lowest BCUT2D eigenvalue weighted by Gasteiger charge is -2.31. The maximum atomic E-state index is 13.7. The molecule has 1 aromatic rings. The van der Waals surface area contributed by atoms with Crippen molar-refractivity contribution in [3.8, 4) is 0 Å². The minimum absolute atomic E-state index is 0.164. The van der Waals surface area contributed by atoms with E-state index in [1.807, 2.05) is 0 Å². The molecule has 2 nitrogen and oxygen atoms in total. The van der Waals surface area contributed by atoms with Crippen LogP contribution >= 0.6 is 11.6 Å². The summed E-state index contributed by atoms with van der Waals surface area (Å²) in [5.41, 5.74) is 0.588. The van der Waals surface area contributed by atoms with Gasteiger partial charge in [-0.05, 0) is 24.8 Å². The van der Waals surface area contributed by atoms with Crippen LogP contribution in [0.15, 0.2) is 18.2 Å². The molecule has 0 radical (unpaired) electrons. The van der Waals surface area contributed by atoms with E-state index in [0.29, 0.717) is 18.0 Å². The van der Waals surface area contributed by atoms with Gasteiger partial charge < -0.3 is 10.4 Å². The topological polar surface area (TPSA) is 32.3 Å². The quantitative estimate of drug-likeness (QED) is 0.882. The summed E-state index contributed by atoms with van der Waals surface area (Å²) in [5.74, 6) is -0.0518. The Hall–Kier alpha value is -0.640. The van der Waals surface area contributed by atoms with Crippen LogP contribution < -0.4 is 5.32 Å². The van der Waals surface area contributed by atoms with Crippen LogP contribution in [-0.4, -0.2) is 17.8 Å². The zero-order chi connectivity index (χ0) is 13.0. The molecule has 0 amide bonds. The van der Waals surface area contributed by atoms with Gasteiger partial charge in [0.25, 0.3) is 0 Å². The van der Waals surface area contributed by atoms with Gasteiger partial charge in [-0.2, -0.15) is 0 Å². The molecule has 1 fully saturated rings. The third-order valence-corrected chi connectivity index (χ3v) is 4.02. The predicted molar refractivity (Wildman–Crippen MR) is 71.1 cm³/mol. The minimum atomic E-state index is -0.344. The fourth-order valence-electron chi connectivity index (χ4n) is 2.62. The highest BCUT2D eigenvalue weighted by Gasteiger charge is 2.24. The number of hydrogen-bond donors (Lipinski definition) is 2. The third-order valence-electron chi connectivity index (χ3n) is 3.73. The fourth-order valence-corrected chi connectivity index (χ4v) is 2.82. The number of rotatable bonds is 4. The van der Waals surface area contributed by atoms with Gasteiger partial charge in [0.1, 0.15) is 5.82 Å². The van der Waals surface area contributed by atoms with E-state index in [0.717, 1.165) is 12.8 Å². The van der Waals surface area contributed by atoms with Crippen molar-refractivity contribution in [2.75, 3.05) is 6.61 Å². The summed E-state index contributed by atoms with van der Waals surface area (Å²) < 4.78 is 13.7. The van der Waals surface area contributed by atoms with Gasteiger partial charge in [-0.15, -0.1) is 0 Å². The Bertz CT molecular complexity index is 399. The van der Waals surface area contributed by atoms with Crippen LogP contribution in [0.2, 0.25) is 5.02 Å². The molecule has 100 valence electrons. The lowest BCUT2D eigenvalue weighted by molar-refractivity contribution is 0.152. The lowest BCUT2D eigenvalue weighted by Crippen LogP contribution is -2.39. The molecular weight excluding hydrogens is 253 g/mol. The maximum absolute atomic E-state index is 13.7. The highest BCUT2D eigenvalue weighted by Crippen LogP contribution is 2.25. The smallest absolute Gasteiger partial charge is 0.146 e. The first-order chi connectivity index (χ1) is 8.72. The molecule has 0 saturated heterocycles. The Labute approximate surface area is 112 Å². The monoisotopic (exact) mass is 271 g/mol. The summed E-state index contributed by atoms with van der Waals surface area (Å²) in [4.78, 5) is 0. The van der Waals surface area contributed by atoms with Crippen LogP contribution in [0.3, 0.4) is 0 Å². The zero-order valence-electron chi connectivity index (χ0n) is 10.3. The number of aliphatic hydroxyl groups is 1. The van der Waals surface area contributed by atoms with Gasteiger partial charge in [0.15, 0.2) is 0 Å². The fraction of sp³-hybridized carbons (Fsp3) is 0.571. The van der Waals surface area contributed by atoms with Crippen LogP contribution in [0.1, 0.15) is 31.2 Å². The SMILES string of the molecule is OCC1CCCCC1NCc1cccc(Cl)c1F. The van der Waals surface area contributed by atoms with Gasteiger partial charge >= 0.3 is 0 Å². The zero-order valence-corrected chi connectivity index (χ0v) is 11.1. The number of halogens is 2. The van der Waals surface area contributed by atoms with Gasteiger partial charge in [0, 0.05) is 24.8 Å². The molecule has 2 unspecified atom stereocenters. The van der Waals surface area contributed by atoms with E-state index in [1.54, 1.807) is 18.2 Å². The van der Waals surface area contributed by atoms with Gasteiger partial charge in [-0.3, -0.25) is 0 Å². The summed E-state index contributed by atoms with van der Waals surface area (Å²) in [6, 6.07) is 5.33. The van der Waals surface area contributed by atoms with E-state index < -0.39 is 0 Å². The predicted octanol–water partition coefficient (Wildman–Crippen LogP) is 3.12. The summed E-state index contributed by atoms with van der Waals surface area (Å²) >= 11 is 5.75. The van der Waals surface area contributed by atoms with Crippen molar-refractivity contribution in [2.24, 2.45) is 5.92 Å². The molecule has 0 heterocycles. The summed E-state index contributed by atoms with van der Waals surface area (Å²) in [6.07, 6.45) is 4.45. The van der Waals surface area contributed by atoms with Crippen LogP contribution in [-0.2, 0) is 6.54 Å². The van der Waals surface area contributed by atoms with Crippen molar-refractivity contribution in [2.45, 2.75) is 38.3 Å². The first-order valence-electron chi connectivity index (χ1n) is 6.49. The third kappa shape index (κ3) is 3.22. The molecule has 4 heteroatoms. The second-order valence-corrected chi connectivity index (χ2v) is 5.33. The molecule has 1 aliphatic carbocycles. The first kappa shape index (κ1) is 13.8. The van der Waals surface area contributed by atoms with Crippen molar-refractivity contribution in [1.29, 1.82) is 0 Å². The van der Waals surface area contributed by atoms with Crippen LogP contribution in [0.25, 0.3) is 0 Å². The molecule has 1 aliphatic rings. The van der Waals surface area contributed by atoms with Gasteiger partial charge in [-0.25, -0.2) is 4.39 Å². The van der Waals surface area contributed by atoms with Gasteiger partial charge in [-0.1, -0.05) is 36.6 Å². The van der Waals surface area contributed by atoms with Crippen LogP contribution in [0.5, 0.6) is 0 Å². The lowest BCUT2D eigenvalue weighted by atomic mass is 9.85. The van der Waals surface area contributed by atoms with Crippen molar-refractivity contribution in [1.82, 2.24) is 5.32 Å². The second-order valence-electron chi connectivity index (χ2n) is 4.93. The van der Waals surface area contributed by atoms with Crippen molar-refractivity contribution in [3.63, 3.8) is 0 Å². The molecule has 2 rings (SSSR count). The molecular formula is C14H19ClFNO. The Morgan fingerprint density at radius 3 is 2.89 bits per heavy atom. The second kappa shape index (κ2) is 6.50. The van der Waals surface area contributed by atoms with E-state index in [1.165, 1.54) is 12.8 Å². The number of nitrogens with one attached hydrogen (secondary N) is 1. The number of benzene rings is 1. The van der Waals surface area contributed by atoms with E-state index >= 15 is 0 Å². The van der Waals surface area contributed by atoms with E-state index in [4.69, 9.17) is 11.6 Å². The molecule has 0 aliphatic heterocycles. The maximum Gasteiger partial charge on any atom is 0.146 e. The highest BCUT2D eigenvalue weighted by molar-refractivity contribution is 6.30. The van der Waals surface area contributed by atoms with Crippen molar-refractivity contribution < 1.29 is 9.50 Å². The number of hydrogen-bond acceptors (Lipinski definition) is 2. The average Bonchev–Trinajstić information content (AvgIpc) is 2.41. The molecule has 0 aromatic heterocycles. The molecule has 2 atom stereocenters. The normalized spacial score (nSPS) is 24.2. The summed E-state index contributed by atoms with van der Waals surface area (Å²) in [6.45, 7) is 0.670. The summed E-state index contributed by atoms with van der Waals surface area (Å²) in [5, 5.41) is 12.8. The first-order valence-corrected chi connectivity index (χ1v) is 6.87. The van der Waals surface area contributed by atoms with Crippen LogP contribution in [0, 0.1) is 11.7 Å². The largest absolute Gasteiger partial charge is 0.396 e.